The fourth-order valence-corrected chi connectivity index (χ4v) is 1.39. The van der Waals surface area contributed by atoms with Crippen LogP contribution < -0.4 is 0 Å². The van der Waals surface area contributed by atoms with Gasteiger partial charge in [0.1, 0.15) is 12.0 Å². The van der Waals surface area contributed by atoms with Gasteiger partial charge < -0.3 is 5.11 Å². The molecule has 0 saturated carbocycles. The number of phenolic OH excluding ortho intramolecular Hbond substituents is 1. The number of phenols is 1. The van der Waals surface area contributed by atoms with Gasteiger partial charge in [0.15, 0.2) is 0 Å². The highest BCUT2D eigenvalue weighted by atomic mass is 16.3. The molecule has 0 bridgehead atoms. The van der Waals surface area contributed by atoms with Crippen LogP contribution in [0, 0.1) is 5.41 Å². The zero-order valence-corrected chi connectivity index (χ0v) is 9.58. The van der Waals surface area contributed by atoms with Crippen LogP contribution in [0.5, 0.6) is 5.75 Å². The van der Waals surface area contributed by atoms with Gasteiger partial charge in [0.25, 0.3) is 0 Å². The summed E-state index contributed by atoms with van der Waals surface area (Å²) in [6, 6.07) is 4.97. The van der Waals surface area contributed by atoms with E-state index in [1.54, 1.807) is 18.2 Å². The van der Waals surface area contributed by atoms with E-state index in [0.717, 1.165) is 24.7 Å². The van der Waals surface area contributed by atoms with E-state index in [2.05, 4.69) is 20.8 Å². The molecule has 0 aliphatic rings. The van der Waals surface area contributed by atoms with Gasteiger partial charge in [0.2, 0.25) is 0 Å². The average molecular weight is 206 g/mol. The lowest BCUT2D eigenvalue weighted by molar-refractivity contribution is 0.112. The summed E-state index contributed by atoms with van der Waals surface area (Å²) in [4.78, 5) is 10.6. The molecule has 0 atom stereocenters. The minimum absolute atomic E-state index is 0.240. The lowest BCUT2D eigenvalue weighted by atomic mass is 9.88. The van der Waals surface area contributed by atoms with E-state index in [9.17, 15) is 9.90 Å². The molecule has 0 aliphatic heterocycles. The number of aldehydes is 1. The molecule has 2 heteroatoms. The molecule has 0 aromatic heterocycles. The van der Waals surface area contributed by atoms with Crippen LogP contribution in [-0.4, -0.2) is 11.4 Å². The number of rotatable bonds is 3. The highest BCUT2D eigenvalue weighted by Crippen LogP contribution is 2.25. The molecular weight excluding hydrogens is 188 g/mol. The van der Waals surface area contributed by atoms with E-state index in [1.165, 1.54) is 0 Å². The third-order valence-electron chi connectivity index (χ3n) is 2.38. The Morgan fingerprint density at radius 3 is 2.53 bits per heavy atom. The normalized spacial score (nSPS) is 11.4. The zero-order valence-electron chi connectivity index (χ0n) is 9.58. The van der Waals surface area contributed by atoms with Crippen molar-refractivity contribution in [2.45, 2.75) is 33.6 Å². The van der Waals surface area contributed by atoms with Gasteiger partial charge in [-0.3, -0.25) is 4.79 Å². The van der Waals surface area contributed by atoms with Crippen molar-refractivity contribution in [3.63, 3.8) is 0 Å². The van der Waals surface area contributed by atoms with Crippen LogP contribution in [0.3, 0.4) is 0 Å². The highest BCUT2D eigenvalue weighted by molar-refractivity contribution is 5.75. The monoisotopic (exact) mass is 206 g/mol. The van der Waals surface area contributed by atoms with E-state index in [-0.39, 0.29) is 11.2 Å². The van der Waals surface area contributed by atoms with Crippen molar-refractivity contribution in [2.75, 3.05) is 0 Å². The quantitative estimate of drug-likeness (QED) is 0.771. The average Bonchev–Trinajstić information content (AvgIpc) is 2.15. The molecule has 82 valence electrons. The van der Waals surface area contributed by atoms with E-state index in [1.807, 2.05) is 0 Å². The summed E-state index contributed by atoms with van der Waals surface area (Å²) >= 11 is 0. The first kappa shape index (κ1) is 11.8. The Morgan fingerprint density at radius 1 is 1.33 bits per heavy atom. The Hall–Kier alpha value is -1.31. The summed E-state index contributed by atoms with van der Waals surface area (Å²) in [5, 5.41) is 9.61. The van der Waals surface area contributed by atoms with Crippen molar-refractivity contribution in [3.8, 4) is 5.75 Å². The summed E-state index contributed by atoms with van der Waals surface area (Å²) in [6.07, 6.45) is 2.60. The number of hydrogen-bond donors (Lipinski definition) is 1. The smallest absolute Gasteiger partial charge is 0.150 e. The molecule has 0 unspecified atom stereocenters. The Labute approximate surface area is 90.9 Å². The Morgan fingerprint density at radius 2 is 2.00 bits per heavy atom. The molecule has 0 radical (unpaired) electrons. The molecular formula is C13H18O2. The summed E-state index contributed by atoms with van der Waals surface area (Å²) in [5.41, 5.74) is 1.72. The largest absolute Gasteiger partial charge is 0.508 e. The molecule has 15 heavy (non-hydrogen) atoms. The van der Waals surface area contributed by atoms with Crippen molar-refractivity contribution in [2.24, 2.45) is 5.41 Å². The summed E-state index contributed by atoms with van der Waals surface area (Å²) < 4.78 is 0. The van der Waals surface area contributed by atoms with Crippen molar-refractivity contribution in [1.82, 2.24) is 0 Å². The van der Waals surface area contributed by atoms with E-state index in [0.29, 0.717) is 5.56 Å². The summed E-state index contributed by atoms with van der Waals surface area (Å²) in [5.74, 6) is 0.282. The van der Waals surface area contributed by atoms with Crippen molar-refractivity contribution < 1.29 is 9.90 Å². The van der Waals surface area contributed by atoms with Crippen LogP contribution in [0.4, 0.5) is 0 Å². The molecule has 0 aliphatic carbocycles. The third kappa shape index (κ3) is 3.74. The minimum Gasteiger partial charge on any atom is -0.508 e. The van der Waals surface area contributed by atoms with Crippen LogP contribution in [-0.2, 0) is 6.42 Å². The van der Waals surface area contributed by atoms with Gasteiger partial charge in [-0.1, -0.05) is 20.8 Å². The molecule has 0 fully saturated rings. The molecule has 1 N–H and O–H groups in total. The number of hydrogen-bond acceptors (Lipinski definition) is 2. The second-order valence-corrected chi connectivity index (χ2v) is 5.07. The Kier molecular flexibility index (Phi) is 3.51. The van der Waals surface area contributed by atoms with Gasteiger partial charge in [-0.25, -0.2) is 0 Å². The first-order valence-electron chi connectivity index (χ1n) is 5.19. The predicted octanol–water partition coefficient (Wildman–Crippen LogP) is 3.18. The molecule has 0 heterocycles. The maximum Gasteiger partial charge on any atom is 0.150 e. The van der Waals surface area contributed by atoms with Crippen LogP contribution in [0.2, 0.25) is 0 Å². The number of aryl methyl sites for hydroxylation is 1. The summed E-state index contributed by atoms with van der Waals surface area (Å²) in [7, 11) is 0. The first-order chi connectivity index (χ1) is 6.92. The Balaban J connectivity index is 2.80. The molecule has 1 rings (SSSR count). The highest BCUT2D eigenvalue weighted by Gasteiger charge is 2.11. The predicted molar refractivity (Wildman–Crippen MR) is 61.3 cm³/mol. The molecule has 0 amide bonds. The fraction of sp³-hybridized carbons (Fsp3) is 0.462. The van der Waals surface area contributed by atoms with Crippen molar-refractivity contribution >= 4 is 6.29 Å². The van der Waals surface area contributed by atoms with Crippen LogP contribution in [0.15, 0.2) is 18.2 Å². The van der Waals surface area contributed by atoms with E-state index >= 15 is 0 Å². The van der Waals surface area contributed by atoms with E-state index in [4.69, 9.17) is 0 Å². The number of carbonyl (C=O) groups excluding carboxylic acids is 1. The summed E-state index contributed by atoms with van der Waals surface area (Å²) in [6.45, 7) is 6.48. The van der Waals surface area contributed by atoms with Gasteiger partial charge in [0, 0.05) is 5.56 Å². The van der Waals surface area contributed by atoms with Crippen molar-refractivity contribution in [1.29, 1.82) is 0 Å². The molecule has 1 aromatic carbocycles. The first-order valence-corrected chi connectivity index (χ1v) is 5.19. The van der Waals surface area contributed by atoms with Gasteiger partial charge >= 0.3 is 0 Å². The lowest BCUT2D eigenvalue weighted by Crippen LogP contribution is -2.06. The minimum atomic E-state index is 0.240. The topological polar surface area (TPSA) is 37.3 Å². The molecule has 0 saturated heterocycles. The lowest BCUT2D eigenvalue weighted by Gasteiger charge is -2.18. The van der Waals surface area contributed by atoms with Gasteiger partial charge in [-0.2, -0.15) is 0 Å². The van der Waals surface area contributed by atoms with Crippen LogP contribution in [0.25, 0.3) is 0 Å². The van der Waals surface area contributed by atoms with Crippen molar-refractivity contribution in [3.05, 3.63) is 29.3 Å². The van der Waals surface area contributed by atoms with Gasteiger partial charge in [-0.05, 0) is 42.0 Å². The molecule has 1 aromatic rings. The zero-order chi connectivity index (χ0) is 11.5. The van der Waals surface area contributed by atoms with Gasteiger partial charge in [-0.15, -0.1) is 0 Å². The van der Waals surface area contributed by atoms with Crippen LogP contribution in [0.1, 0.15) is 43.1 Å². The van der Waals surface area contributed by atoms with Gasteiger partial charge in [0.05, 0.1) is 0 Å². The third-order valence-corrected chi connectivity index (χ3v) is 2.38. The maximum atomic E-state index is 10.6. The van der Waals surface area contributed by atoms with E-state index < -0.39 is 0 Å². The van der Waals surface area contributed by atoms with Crippen LogP contribution >= 0.6 is 0 Å². The molecule has 2 nitrogen and oxygen atoms in total. The fourth-order valence-electron chi connectivity index (χ4n) is 1.39. The molecule has 0 spiro atoms. The second-order valence-electron chi connectivity index (χ2n) is 5.07. The number of aromatic hydroxyl groups is 1. The Bertz CT molecular complexity index is 348. The number of benzene rings is 1. The number of carbonyl (C=O) groups is 1. The maximum absolute atomic E-state index is 10.6. The SMILES string of the molecule is CC(C)(C)CCc1cc(C=O)ccc1O. The second kappa shape index (κ2) is 4.47. The standard InChI is InChI=1S/C13H18O2/c1-13(2,3)7-6-11-8-10(9-14)4-5-12(11)15/h4-5,8-9,15H,6-7H2,1-3H3.